The van der Waals surface area contributed by atoms with Crippen LogP contribution in [0.15, 0.2) is 42.1 Å². The van der Waals surface area contributed by atoms with E-state index in [-0.39, 0.29) is 40.1 Å². The predicted octanol–water partition coefficient (Wildman–Crippen LogP) is 3.19. The van der Waals surface area contributed by atoms with E-state index in [2.05, 4.69) is 5.32 Å². The first kappa shape index (κ1) is 22.9. The number of fused-ring (bicyclic) bond motifs is 1. The lowest BCUT2D eigenvalue weighted by Crippen LogP contribution is -2.55. The highest BCUT2D eigenvalue weighted by Crippen LogP contribution is 2.52. The van der Waals surface area contributed by atoms with Gasteiger partial charge in [0.05, 0.1) is 20.3 Å². The van der Waals surface area contributed by atoms with Crippen LogP contribution in [-0.2, 0) is 4.79 Å². The summed E-state index contributed by atoms with van der Waals surface area (Å²) in [6.07, 6.45) is 0.759. The number of phenolic OH excluding ortho intramolecular Hbond substituents is 1. The molecule has 2 aromatic carbocycles. The molecule has 1 heterocycles. The molecule has 1 aliphatic carbocycles. The number of halogens is 1. The highest BCUT2D eigenvalue weighted by Gasteiger charge is 2.60. The van der Waals surface area contributed by atoms with Gasteiger partial charge in [-0.2, -0.15) is 0 Å². The average Bonchev–Trinajstić information content (AvgIpc) is 3.11. The molecule has 0 amide bonds. The Kier molecular flexibility index (Phi) is 5.99. The van der Waals surface area contributed by atoms with E-state index in [0.717, 1.165) is 0 Å². The van der Waals surface area contributed by atoms with Crippen LogP contribution >= 0.6 is 11.6 Å². The molecule has 0 saturated carbocycles. The van der Waals surface area contributed by atoms with E-state index in [9.17, 15) is 19.8 Å². The summed E-state index contributed by atoms with van der Waals surface area (Å²) in [4.78, 5) is 26.7. The lowest BCUT2D eigenvalue weighted by atomic mass is 9.74. The smallest absolute Gasteiger partial charge is 0.236 e. The molecular weight excluding hydrogens is 450 g/mol. The zero-order valence-electron chi connectivity index (χ0n) is 18.3. The molecular formula is C24H24ClNO7. The first-order valence-corrected chi connectivity index (χ1v) is 10.7. The van der Waals surface area contributed by atoms with Gasteiger partial charge in [-0.3, -0.25) is 9.59 Å². The Labute approximate surface area is 195 Å². The van der Waals surface area contributed by atoms with Crippen molar-refractivity contribution < 1.29 is 34.0 Å². The fraction of sp³-hybridized carbons (Fsp3) is 0.333. The summed E-state index contributed by atoms with van der Waals surface area (Å²) in [5, 5.41) is 23.2. The van der Waals surface area contributed by atoms with Crippen LogP contribution in [0.4, 0.5) is 0 Å². The summed E-state index contributed by atoms with van der Waals surface area (Å²) in [5.41, 5.74) is -0.524. The Morgan fingerprint density at radius 2 is 1.97 bits per heavy atom. The molecule has 0 bridgehead atoms. The van der Waals surface area contributed by atoms with Crippen LogP contribution in [0, 0.1) is 5.92 Å². The van der Waals surface area contributed by atoms with Crippen LogP contribution in [0.3, 0.4) is 0 Å². The van der Waals surface area contributed by atoms with Gasteiger partial charge in [0.15, 0.2) is 5.75 Å². The minimum Gasteiger partial charge on any atom is -0.508 e. The molecule has 174 valence electrons. The van der Waals surface area contributed by atoms with Gasteiger partial charge in [0.2, 0.25) is 17.2 Å². The van der Waals surface area contributed by atoms with E-state index in [1.165, 1.54) is 38.5 Å². The Morgan fingerprint density at radius 3 is 2.61 bits per heavy atom. The fourth-order valence-electron chi connectivity index (χ4n) is 4.33. The number of rotatable bonds is 6. The lowest BCUT2D eigenvalue weighted by molar-refractivity contribution is -0.129. The van der Waals surface area contributed by atoms with E-state index < -0.39 is 29.2 Å². The Hall–Kier alpha value is -3.23. The zero-order valence-corrected chi connectivity index (χ0v) is 19.1. The summed E-state index contributed by atoms with van der Waals surface area (Å²) in [6, 6.07) is 7.81. The number of aliphatic hydroxyl groups is 1. The maximum atomic E-state index is 13.5. The number of ether oxygens (including phenoxy) is 3. The summed E-state index contributed by atoms with van der Waals surface area (Å²) in [6.45, 7) is 1.87. The number of carbonyl (C=O) groups excluding carboxylic acids is 2. The van der Waals surface area contributed by atoms with Crippen LogP contribution in [0.2, 0.25) is 5.02 Å². The monoisotopic (exact) mass is 473 g/mol. The second-order valence-corrected chi connectivity index (χ2v) is 8.47. The summed E-state index contributed by atoms with van der Waals surface area (Å²) < 4.78 is 16.6. The molecule has 2 aliphatic rings. The van der Waals surface area contributed by atoms with Crippen molar-refractivity contribution in [3.8, 4) is 23.0 Å². The maximum Gasteiger partial charge on any atom is 0.236 e. The zero-order chi connectivity index (χ0) is 23.9. The first-order valence-electron chi connectivity index (χ1n) is 10.4. The number of carbonyl (C=O) groups is 2. The van der Waals surface area contributed by atoms with Gasteiger partial charge >= 0.3 is 0 Å². The van der Waals surface area contributed by atoms with E-state index in [4.69, 9.17) is 25.8 Å². The third kappa shape index (κ3) is 3.69. The molecule has 0 radical (unpaired) electrons. The molecule has 3 N–H and O–H groups in total. The molecule has 1 aliphatic heterocycles. The van der Waals surface area contributed by atoms with Crippen molar-refractivity contribution in [3.05, 3.63) is 58.3 Å². The van der Waals surface area contributed by atoms with E-state index in [1.807, 2.05) is 0 Å². The number of hydrogen-bond donors (Lipinski definition) is 3. The van der Waals surface area contributed by atoms with Crippen molar-refractivity contribution in [2.45, 2.75) is 25.0 Å². The molecule has 0 unspecified atom stereocenters. The molecule has 2 aromatic rings. The van der Waals surface area contributed by atoms with Crippen molar-refractivity contribution in [2.75, 3.05) is 20.8 Å². The Balaban J connectivity index is 1.59. The predicted molar refractivity (Wildman–Crippen MR) is 120 cm³/mol. The standard InChI is InChI=1S/C24H24ClNO7/c1-12-7-14(26-11-16(28)13-5-4-6-15(27)8-13)9-19(29)24(12)23(30)20-17(31-2)10-18(32-3)21(25)22(20)33-24/h4-6,8-10,12,16,26-28H,7,11H2,1-3H3/t12-,16+,24+/m1/s1. The van der Waals surface area contributed by atoms with Crippen LogP contribution in [0.25, 0.3) is 0 Å². The molecule has 3 atom stereocenters. The van der Waals surface area contributed by atoms with Crippen molar-refractivity contribution in [1.29, 1.82) is 0 Å². The second kappa shape index (κ2) is 8.61. The van der Waals surface area contributed by atoms with E-state index in [0.29, 0.717) is 17.7 Å². The van der Waals surface area contributed by atoms with Gasteiger partial charge in [-0.15, -0.1) is 0 Å². The quantitative estimate of drug-likeness (QED) is 0.548. The minimum atomic E-state index is -1.75. The third-order valence-electron chi connectivity index (χ3n) is 6.09. The molecule has 1 spiro atoms. The number of nitrogens with one attached hydrogen (secondary N) is 1. The number of Topliss-reactive ketones (excluding diaryl/α,β-unsaturated/α-hetero) is 1. The molecule has 4 rings (SSSR count). The van der Waals surface area contributed by atoms with E-state index >= 15 is 0 Å². The van der Waals surface area contributed by atoms with Gasteiger partial charge in [-0.25, -0.2) is 0 Å². The number of benzene rings is 2. The molecule has 0 fully saturated rings. The number of ketones is 2. The summed E-state index contributed by atoms with van der Waals surface area (Å²) >= 11 is 6.39. The number of aromatic hydroxyl groups is 1. The van der Waals surface area contributed by atoms with Gasteiger partial charge in [0, 0.05) is 30.3 Å². The van der Waals surface area contributed by atoms with Gasteiger partial charge in [-0.05, 0) is 24.1 Å². The van der Waals surface area contributed by atoms with Gasteiger partial charge in [0.25, 0.3) is 0 Å². The van der Waals surface area contributed by atoms with Gasteiger partial charge in [-0.1, -0.05) is 30.7 Å². The molecule has 9 heteroatoms. The topological polar surface area (TPSA) is 114 Å². The summed E-state index contributed by atoms with van der Waals surface area (Å²) in [7, 11) is 2.84. The third-order valence-corrected chi connectivity index (χ3v) is 6.45. The number of phenols is 1. The molecule has 0 aromatic heterocycles. The SMILES string of the molecule is COc1cc(OC)c2c(c1Cl)O[C@@]1(C(=O)C=C(NC[C@H](O)c3cccc(O)c3)C[C@H]1C)C2=O. The van der Waals surface area contributed by atoms with Crippen LogP contribution in [0.5, 0.6) is 23.0 Å². The highest BCUT2D eigenvalue weighted by atomic mass is 35.5. The van der Waals surface area contributed by atoms with Crippen LogP contribution in [0.1, 0.15) is 35.4 Å². The van der Waals surface area contributed by atoms with Crippen molar-refractivity contribution >= 4 is 23.2 Å². The Morgan fingerprint density at radius 1 is 1.24 bits per heavy atom. The largest absolute Gasteiger partial charge is 0.508 e. The lowest BCUT2D eigenvalue weighted by Gasteiger charge is -2.35. The van der Waals surface area contributed by atoms with Crippen molar-refractivity contribution in [1.82, 2.24) is 5.32 Å². The normalized spacial score (nSPS) is 22.5. The molecule has 8 nitrogen and oxygen atoms in total. The van der Waals surface area contributed by atoms with Crippen LogP contribution < -0.4 is 19.5 Å². The minimum absolute atomic E-state index is 0.0522. The maximum absolute atomic E-state index is 13.5. The van der Waals surface area contributed by atoms with Crippen molar-refractivity contribution in [3.63, 3.8) is 0 Å². The first-order chi connectivity index (χ1) is 15.7. The number of allylic oxidation sites excluding steroid dienone is 1. The van der Waals surface area contributed by atoms with Crippen molar-refractivity contribution in [2.24, 2.45) is 5.92 Å². The van der Waals surface area contributed by atoms with Crippen LogP contribution in [-0.4, -0.2) is 48.1 Å². The second-order valence-electron chi connectivity index (χ2n) is 8.10. The summed E-state index contributed by atoms with van der Waals surface area (Å²) in [5.74, 6) is -0.942. The number of methoxy groups -OCH3 is 2. The van der Waals surface area contributed by atoms with Gasteiger partial charge in [0.1, 0.15) is 27.8 Å². The molecule has 33 heavy (non-hydrogen) atoms. The van der Waals surface area contributed by atoms with Gasteiger partial charge < -0.3 is 29.7 Å². The molecule has 0 saturated heterocycles. The average molecular weight is 474 g/mol. The Bertz CT molecular complexity index is 1160. The highest BCUT2D eigenvalue weighted by molar-refractivity contribution is 6.36. The number of hydrogen-bond acceptors (Lipinski definition) is 8. The fourth-order valence-corrected chi connectivity index (χ4v) is 4.59. The van der Waals surface area contributed by atoms with E-state index in [1.54, 1.807) is 19.1 Å². The number of aliphatic hydroxyl groups excluding tert-OH is 1.